The van der Waals surface area contributed by atoms with Crippen molar-refractivity contribution >= 4 is 29.2 Å². The van der Waals surface area contributed by atoms with Crippen LogP contribution >= 0.6 is 23.2 Å². The van der Waals surface area contributed by atoms with Gasteiger partial charge in [-0.15, -0.1) is 0 Å². The first-order valence-corrected chi connectivity index (χ1v) is 9.14. The van der Waals surface area contributed by atoms with Gasteiger partial charge in [0.2, 0.25) is 5.89 Å². The Bertz CT molecular complexity index is 748. The van der Waals surface area contributed by atoms with Crippen molar-refractivity contribution in [3.63, 3.8) is 0 Å². The van der Waals surface area contributed by atoms with Crippen LogP contribution in [0.2, 0.25) is 10.0 Å². The van der Waals surface area contributed by atoms with Crippen molar-refractivity contribution in [2.24, 2.45) is 0 Å². The third-order valence-corrected chi connectivity index (χ3v) is 4.80. The summed E-state index contributed by atoms with van der Waals surface area (Å²) in [5, 5.41) is 1.05. The summed E-state index contributed by atoms with van der Waals surface area (Å²) in [6.45, 7) is 3.60. The lowest BCUT2D eigenvalue weighted by molar-refractivity contribution is -0.151. The summed E-state index contributed by atoms with van der Waals surface area (Å²) in [6.07, 6.45) is 4.51. The van der Waals surface area contributed by atoms with Gasteiger partial charge in [0.25, 0.3) is 0 Å². The number of piperidine rings is 1. The van der Waals surface area contributed by atoms with Crippen LogP contribution in [0, 0.1) is 0 Å². The quantitative estimate of drug-likeness (QED) is 0.709. The van der Waals surface area contributed by atoms with Gasteiger partial charge < -0.3 is 9.15 Å². The molecule has 0 N–H and O–H groups in total. The second-order valence-electron chi connectivity index (χ2n) is 6.00. The molecule has 0 bridgehead atoms. The molecule has 0 aliphatic carbocycles. The molecular weight excluding hydrogens is 363 g/mol. The highest BCUT2D eigenvalue weighted by molar-refractivity contribution is 6.36. The minimum atomic E-state index is -0.215. The fraction of sp³-hybridized carbons (Fsp3) is 0.444. The Hall–Kier alpha value is -1.56. The van der Waals surface area contributed by atoms with Crippen LogP contribution in [-0.2, 0) is 16.1 Å². The van der Waals surface area contributed by atoms with E-state index in [9.17, 15) is 4.79 Å². The topological polar surface area (TPSA) is 55.6 Å². The molecule has 1 atom stereocenters. The van der Waals surface area contributed by atoms with Crippen LogP contribution in [0.3, 0.4) is 0 Å². The van der Waals surface area contributed by atoms with Gasteiger partial charge >= 0.3 is 5.97 Å². The minimum Gasteiger partial charge on any atom is -0.465 e. The molecule has 7 heteroatoms. The monoisotopic (exact) mass is 382 g/mol. The lowest BCUT2D eigenvalue weighted by atomic mass is 10.0. The Morgan fingerprint density at radius 2 is 2.24 bits per heavy atom. The van der Waals surface area contributed by atoms with E-state index < -0.39 is 0 Å². The summed E-state index contributed by atoms with van der Waals surface area (Å²) in [7, 11) is 0. The number of hydrogen-bond donors (Lipinski definition) is 0. The summed E-state index contributed by atoms with van der Waals surface area (Å²) < 4.78 is 10.8. The Kier molecular flexibility index (Phi) is 5.99. The van der Waals surface area contributed by atoms with Gasteiger partial charge in [0, 0.05) is 11.6 Å². The van der Waals surface area contributed by atoms with E-state index in [4.69, 9.17) is 32.4 Å². The van der Waals surface area contributed by atoms with E-state index in [1.165, 1.54) is 0 Å². The fourth-order valence-electron chi connectivity index (χ4n) is 3.06. The zero-order valence-corrected chi connectivity index (χ0v) is 15.5. The number of carbonyl (C=O) groups is 1. The van der Waals surface area contributed by atoms with Crippen molar-refractivity contribution in [2.75, 3.05) is 13.2 Å². The smallest absolute Gasteiger partial charge is 0.323 e. The number of aromatic nitrogens is 1. The third kappa shape index (κ3) is 4.35. The van der Waals surface area contributed by atoms with Gasteiger partial charge in [0.15, 0.2) is 0 Å². The number of halogens is 2. The van der Waals surface area contributed by atoms with Crippen molar-refractivity contribution in [1.29, 1.82) is 0 Å². The van der Waals surface area contributed by atoms with Crippen molar-refractivity contribution in [1.82, 2.24) is 9.88 Å². The van der Waals surface area contributed by atoms with Crippen molar-refractivity contribution in [3.8, 4) is 11.5 Å². The predicted molar refractivity (Wildman–Crippen MR) is 96.6 cm³/mol. The maximum absolute atomic E-state index is 12.2. The lowest BCUT2D eigenvalue weighted by Gasteiger charge is -2.33. The van der Waals surface area contributed by atoms with Crippen molar-refractivity contribution < 1.29 is 13.9 Å². The van der Waals surface area contributed by atoms with E-state index >= 15 is 0 Å². The van der Waals surface area contributed by atoms with Gasteiger partial charge in [-0.2, -0.15) is 0 Å². The summed E-state index contributed by atoms with van der Waals surface area (Å²) in [6, 6.07) is 4.97. The van der Waals surface area contributed by atoms with Crippen LogP contribution in [0.25, 0.3) is 11.5 Å². The average Bonchev–Trinajstić information content (AvgIpc) is 3.03. The standard InChI is InChI=1S/C18H20Cl2N2O3/c1-2-24-18(23)16-5-3-4-8-22(16)10-13-11-25-17(21-13)14-7-6-12(19)9-15(14)20/h6-7,9,11,16H,2-5,8,10H2,1H3. The van der Waals surface area contributed by atoms with E-state index in [2.05, 4.69) is 9.88 Å². The highest BCUT2D eigenvalue weighted by Crippen LogP contribution is 2.30. The first-order valence-electron chi connectivity index (χ1n) is 8.39. The molecule has 1 aliphatic heterocycles. The van der Waals surface area contributed by atoms with E-state index in [0.717, 1.165) is 31.5 Å². The molecule has 0 spiro atoms. The van der Waals surface area contributed by atoms with Gasteiger partial charge in [-0.1, -0.05) is 29.6 Å². The highest BCUT2D eigenvalue weighted by Gasteiger charge is 2.30. The number of oxazole rings is 1. The molecule has 1 unspecified atom stereocenters. The summed E-state index contributed by atoms with van der Waals surface area (Å²) in [5.41, 5.74) is 1.45. The molecule has 0 radical (unpaired) electrons. The van der Waals surface area contributed by atoms with E-state index in [0.29, 0.717) is 34.7 Å². The lowest BCUT2D eigenvalue weighted by Crippen LogP contribution is -2.45. The molecule has 0 amide bonds. The Morgan fingerprint density at radius 3 is 3.00 bits per heavy atom. The molecule has 1 saturated heterocycles. The molecule has 1 aliphatic rings. The van der Waals surface area contributed by atoms with Gasteiger partial charge in [0.05, 0.1) is 22.9 Å². The number of nitrogens with zero attached hydrogens (tertiary/aromatic N) is 2. The summed E-state index contributed by atoms with van der Waals surface area (Å²) >= 11 is 12.1. The van der Waals surface area contributed by atoms with Crippen molar-refractivity contribution in [3.05, 3.63) is 40.2 Å². The van der Waals surface area contributed by atoms with Gasteiger partial charge in [-0.25, -0.2) is 4.98 Å². The molecule has 2 aromatic rings. The van der Waals surface area contributed by atoms with Gasteiger partial charge in [-0.05, 0) is 44.5 Å². The largest absolute Gasteiger partial charge is 0.465 e. The Morgan fingerprint density at radius 1 is 1.40 bits per heavy atom. The number of rotatable bonds is 5. The molecular formula is C18H20Cl2N2O3. The second kappa shape index (κ2) is 8.21. The SMILES string of the molecule is CCOC(=O)C1CCCCN1Cc1coc(-c2ccc(Cl)cc2Cl)n1. The number of likely N-dealkylation sites (tertiary alicyclic amines) is 1. The van der Waals surface area contributed by atoms with Crippen LogP contribution in [0.5, 0.6) is 0 Å². The maximum atomic E-state index is 12.2. The molecule has 0 saturated carbocycles. The molecule has 5 nitrogen and oxygen atoms in total. The van der Waals surface area contributed by atoms with E-state index in [-0.39, 0.29) is 12.0 Å². The molecule has 3 rings (SSSR count). The number of esters is 1. The first-order chi connectivity index (χ1) is 12.1. The molecule has 25 heavy (non-hydrogen) atoms. The van der Waals surface area contributed by atoms with Crippen LogP contribution in [-0.4, -0.2) is 35.0 Å². The van der Waals surface area contributed by atoms with E-state index in [1.807, 2.05) is 6.92 Å². The zero-order valence-electron chi connectivity index (χ0n) is 14.0. The minimum absolute atomic E-state index is 0.160. The van der Waals surface area contributed by atoms with Crippen molar-refractivity contribution in [2.45, 2.75) is 38.8 Å². The van der Waals surface area contributed by atoms with Crippen LogP contribution in [0.15, 0.2) is 28.9 Å². The third-order valence-electron chi connectivity index (χ3n) is 4.25. The normalized spacial score (nSPS) is 18.3. The summed E-state index contributed by atoms with van der Waals surface area (Å²) in [4.78, 5) is 18.8. The van der Waals surface area contributed by atoms with Crippen LogP contribution in [0.4, 0.5) is 0 Å². The molecule has 1 aromatic carbocycles. The second-order valence-corrected chi connectivity index (χ2v) is 6.85. The highest BCUT2D eigenvalue weighted by atomic mass is 35.5. The number of ether oxygens (including phenoxy) is 1. The average molecular weight is 383 g/mol. The predicted octanol–water partition coefficient (Wildman–Crippen LogP) is 4.57. The first kappa shape index (κ1) is 18.2. The molecule has 134 valence electrons. The maximum Gasteiger partial charge on any atom is 0.323 e. The summed E-state index contributed by atoms with van der Waals surface area (Å²) in [5.74, 6) is 0.285. The Labute approximate surface area is 156 Å². The molecule has 2 heterocycles. The zero-order chi connectivity index (χ0) is 17.8. The number of hydrogen-bond acceptors (Lipinski definition) is 5. The fourth-order valence-corrected chi connectivity index (χ4v) is 3.55. The van der Waals surface area contributed by atoms with Crippen LogP contribution in [0.1, 0.15) is 31.9 Å². The number of carbonyl (C=O) groups excluding carboxylic acids is 1. The Balaban J connectivity index is 1.74. The molecule has 1 fully saturated rings. The molecule has 1 aromatic heterocycles. The van der Waals surface area contributed by atoms with E-state index in [1.54, 1.807) is 24.5 Å². The van der Waals surface area contributed by atoms with Crippen LogP contribution < -0.4 is 0 Å². The van der Waals surface area contributed by atoms with Gasteiger partial charge in [-0.3, -0.25) is 9.69 Å². The van der Waals surface area contributed by atoms with Gasteiger partial charge in [0.1, 0.15) is 12.3 Å². The number of benzene rings is 1.